The molecule has 0 spiro atoms. The number of carbonyl (C=O) groups excluding carboxylic acids is 1. The summed E-state index contributed by atoms with van der Waals surface area (Å²) >= 11 is 0. The van der Waals surface area contributed by atoms with E-state index in [-0.39, 0.29) is 18.7 Å². The van der Waals surface area contributed by atoms with Gasteiger partial charge in [-0.3, -0.25) is 4.79 Å². The average molecular weight is 426 g/mol. The fraction of sp³-hybridized carbons (Fsp3) is 0.438. The number of piperazine rings is 1. The van der Waals surface area contributed by atoms with Crippen molar-refractivity contribution in [1.29, 1.82) is 0 Å². The van der Waals surface area contributed by atoms with Crippen LogP contribution in [0, 0.1) is 0 Å². The molecule has 0 radical (unpaired) electrons. The molecule has 2 heterocycles. The van der Waals surface area contributed by atoms with Crippen LogP contribution in [0.4, 0.5) is 26.3 Å². The van der Waals surface area contributed by atoms with Gasteiger partial charge in [0.2, 0.25) is 0 Å². The lowest BCUT2D eigenvalue weighted by atomic mass is 10.1. The highest BCUT2D eigenvalue weighted by atomic mass is 19.4. The quantitative estimate of drug-likeness (QED) is 0.683. The van der Waals surface area contributed by atoms with Gasteiger partial charge in [-0.2, -0.15) is 26.3 Å². The number of carboxylic acids is 1. The molecule has 160 valence electrons. The number of nitrogens with zero attached hydrogens (tertiary/aromatic N) is 3. The normalized spacial score (nSPS) is 17.6. The summed E-state index contributed by atoms with van der Waals surface area (Å²) in [5, 5.41) is 9.81. The molecule has 1 fully saturated rings. The van der Waals surface area contributed by atoms with Crippen molar-refractivity contribution in [3.63, 3.8) is 0 Å². The van der Waals surface area contributed by atoms with E-state index in [9.17, 15) is 31.1 Å². The second kappa shape index (κ2) is 8.27. The van der Waals surface area contributed by atoms with Crippen molar-refractivity contribution in [3.05, 3.63) is 30.1 Å². The molecule has 1 atom stereocenters. The number of halogens is 6. The monoisotopic (exact) mass is 426 g/mol. The third kappa shape index (κ3) is 5.37. The minimum Gasteiger partial charge on any atom is -0.475 e. The summed E-state index contributed by atoms with van der Waals surface area (Å²) in [6, 6.07) is 2.96. The average Bonchev–Trinajstić information content (AvgIpc) is 3.00. The maximum atomic E-state index is 13.1. The van der Waals surface area contributed by atoms with Crippen LogP contribution in [0.25, 0.3) is 11.0 Å². The predicted molar refractivity (Wildman–Crippen MR) is 88.2 cm³/mol. The summed E-state index contributed by atoms with van der Waals surface area (Å²) in [6.45, 7) is 0.113. The molecule has 0 bridgehead atoms. The number of aliphatic carboxylic acids is 1. The highest BCUT2D eigenvalue weighted by molar-refractivity contribution is 5.97. The maximum absolute atomic E-state index is 13.1. The largest absolute Gasteiger partial charge is 0.490 e. The molecule has 7 nitrogen and oxygen atoms in total. The zero-order valence-corrected chi connectivity index (χ0v) is 14.9. The van der Waals surface area contributed by atoms with Crippen molar-refractivity contribution in [2.45, 2.75) is 18.4 Å². The highest BCUT2D eigenvalue weighted by Gasteiger charge is 2.46. The van der Waals surface area contributed by atoms with Gasteiger partial charge in [-0.1, -0.05) is 0 Å². The van der Waals surface area contributed by atoms with Crippen LogP contribution in [0.2, 0.25) is 0 Å². The van der Waals surface area contributed by atoms with Gasteiger partial charge in [-0.25, -0.2) is 9.78 Å². The first-order valence-corrected chi connectivity index (χ1v) is 8.12. The first-order chi connectivity index (χ1) is 13.3. The van der Waals surface area contributed by atoms with Gasteiger partial charge in [0.15, 0.2) is 0 Å². The van der Waals surface area contributed by atoms with E-state index in [0.717, 1.165) is 4.90 Å². The number of nitrogens with one attached hydrogen (secondary N) is 1. The fourth-order valence-electron chi connectivity index (χ4n) is 2.66. The van der Waals surface area contributed by atoms with Gasteiger partial charge < -0.3 is 19.9 Å². The summed E-state index contributed by atoms with van der Waals surface area (Å²) in [5.41, 5.74) is 1.66. The van der Waals surface area contributed by atoms with Gasteiger partial charge in [0.1, 0.15) is 6.04 Å². The van der Waals surface area contributed by atoms with E-state index in [1.54, 1.807) is 30.1 Å². The lowest BCUT2D eigenvalue weighted by Gasteiger charge is -2.37. The van der Waals surface area contributed by atoms with Gasteiger partial charge in [0.25, 0.3) is 5.91 Å². The van der Waals surface area contributed by atoms with Crippen LogP contribution in [0.3, 0.4) is 0 Å². The summed E-state index contributed by atoms with van der Waals surface area (Å²) in [4.78, 5) is 26.4. The molecule has 1 unspecified atom stereocenters. The Morgan fingerprint density at radius 1 is 1.21 bits per heavy atom. The molecular weight excluding hydrogens is 410 g/mol. The van der Waals surface area contributed by atoms with Gasteiger partial charge in [-0.15, -0.1) is 0 Å². The second-order valence-corrected chi connectivity index (χ2v) is 6.12. The number of imidazole rings is 1. The number of carbonyl (C=O) groups is 2. The van der Waals surface area contributed by atoms with Crippen LogP contribution in [0.1, 0.15) is 10.4 Å². The van der Waals surface area contributed by atoms with E-state index >= 15 is 0 Å². The maximum Gasteiger partial charge on any atom is 0.490 e. The predicted octanol–water partition coefficient (Wildman–Crippen LogP) is 2.18. The van der Waals surface area contributed by atoms with Crippen LogP contribution >= 0.6 is 0 Å². The van der Waals surface area contributed by atoms with E-state index in [2.05, 4.69) is 10.3 Å². The summed E-state index contributed by atoms with van der Waals surface area (Å²) in [7, 11) is 1.77. The van der Waals surface area contributed by atoms with E-state index < -0.39 is 30.3 Å². The molecule has 1 aliphatic rings. The van der Waals surface area contributed by atoms with Crippen molar-refractivity contribution in [2.24, 2.45) is 7.05 Å². The Balaban J connectivity index is 0.000000370. The van der Waals surface area contributed by atoms with Crippen molar-refractivity contribution in [1.82, 2.24) is 19.8 Å². The number of hydrogen-bond donors (Lipinski definition) is 2. The smallest absolute Gasteiger partial charge is 0.475 e. The van der Waals surface area contributed by atoms with Gasteiger partial charge in [-0.05, 0) is 18.2 Å². The molecule has 1 aromatic heterocycles. The SMILES string of the molecule is Cn1cnc2ccc(C(=O)N3CCNCC3C(F)(F)F)cc21.O=C(O)C(F)(F)F. The Bertz CT molecular complexity index is 893. The zero-order chi connectivity index (χ0) is 22.0. The molecule has 29 heavy (non-hydrogen) atoms. The first-order valence-electron chi connectivity index (χ1n) is 8.12. The molecule has 1 aromatic carbocycles. The van der Waals surface area contributed by atoms with Gasteiger partial charge in [0.05, 0.1) is 17.4 Å². The molecule has 0 saturated carbocycles. The Morgan fingerprint density at radius 2 is 1.83 bits per heavy atom. The Labute approximate surface area is 159 Å². The Kier molecular flexibility index (Phi) is 6.40. The molecule has 3 rings (SSSR count). The van der Waals surface area contributed by atoms with Crippen LogP contribution < -0.4 is 5.32 Å². The number of benzene rings is 1. The molecule has 1 aliphatic heterocycles. The number of fused-ring (bicyclic) bond motifs is 1. The molecule has 13 heteroatoms. The van der Waals surface area contributed by atoms with E-state index in [0.29, 0.717) is 17.6 Å². The van der Waals surface area contributed by atoms with Crippen LogP contribution in [-0.4, -0.2) is 69.5 Å². The van der Waals surface area contributed by atoms with E-state index in [1.807, 2.05) is 0 Å². The number of carboxylic acid groups (broad SMARTS) is 1. The molecule has 2 aromatic rings. The zero-order valence-electron chi connectivity index (χ0n) is 14.9. The Morgan fingerprint density at radius 3 is 2.38 bits per heavy atom. The molecular formula is C16H16F6N4O3. The summed E-state index contributed by atoms with van der Waals surface area (Å²) in [6.07, 6.45) is -7.93. The number of aryl methyl sites for hydroxylation is 1. The van der Waals surface area contributed by atoms with Gasteiger partial charge in [0, 0.05) is 32.2 Å². The third-order valence-corrected chi connectivity index (χ3v) is 4.10. The molecule has 1 saturated heterocycles. The van der Waals surface area contributed by atoms with Crippen LogP contribution in [-0.2, 0) is 11.8 Å². The summed E-state index contributed by atoms with van der Waals surface area (Å²) < 4.78 is 72.7. The van der Waals surface area contributed by atoms with Crippen molar-refractivity contribution in [3.8, 4) is 0 Å². The topological polar surface area (TPSA) is 87.5 Å². The minimum absolute atomic E-state index is 0.0342. The standard InChI is InChI=1S/C14H15F3N4O.C2HF3O2/c1-20-8-19-10-3-2-9(6-11(10)20)13(22)21-5-4-18-7-12(21)14(15,16)17;3-2(4,5)1(6)7/h2-3,6,8,12,18H,4-5,7H2,1H3;(H,6,7). The third-order valence-electron chi connectivity index (χ3n) is 4.10. The lowest BCUT2D eigenvalue weighted by Crippen LogP contribution is -2.59. The highest BCUT2D eigenvalue weighted by Crippen LogP contribution is 2.27. The van der Waals surface area contributed by atoms with Gasteiger partial charge >= 0.3 is 18.3 Å². The molecule has 2 N–H and O–H groups in total. The molecule has 1 amide bonds. The molecule has 0 aliphatic carbocycles. The number of alkyl halides is 6. The van der Waals surface area contributed by atoms with Crippen LogP contribution in [0.15, 0.2) is 24.5 Å². The van der Waals surface area contributed by atoms with Crippen LogP contribution in [0.5, 0.6) is 0 Å². The van der Waals surface area contributed by atoms with Crippen molar-refractivity contribution < 1.29 is 41.0 Å². The van der Waals surface area contributed by atoms with E-state index in [1.165, 1.54) is 6.07 Å². The number of hydrogen-bond acceptors (Lipinski definition) is 4. The Hall–Kier alpha value is -2.83. The van der Waals surface area contributed by atoms with E-state index in [4.69, 9.17) is 9.90 Å². The number of amides is 1. The first kappa shape index (κ1) is 22.5. The number of aromatic nitrogens is 2. The van der Waals surface area contributed by atoms with Crippen molar-refractivity contribution >= 4 is 22.9 Å². The summed E-state index contributed by atoms with van der Waals surface area (Å²) in [5.74, 6) is -3.36. The fourth-order valence-corrected chi connectivity index (χ4v) is 2.66. The number of rotatable bonds is 1. The van der Waals surface area contributed by atoms with Crippen molar-refractivity contribution in [2.75, 3.05) is 19.6 Å². The second-order valence-electron chi connectivity index (χ2n) is 6.12. The minimum atomic E-state index is -5.08. The lowest BCUT2D eigenvalue weighted by molar-refractivity contribution is -0.192.